The van der Waals surface area contributed by atoms with E-state index in [0.717, 1.165) is 18.0 Å². The zero-order chi connectivity index (χ0) is 8.55. The fourth-order valence-electron chi connectivity index (χ4n) is 1.73. The van der Waals surface area contributed by atoms with Crippen LogP contribution in [0.4, 0.5) is 0 Å². The molecule has 1 atom stereocenters. The van der Waals surface area contributed by atoms with Crippen LogP contribution in [0.3, 0.4) is 0 Å². The standard InChI is InChI=1S/C10H12ClN/c1-7-10-6-9(11)3-2-8(10)4-5-12-7/h2-3,6-7,12H,4-5H2,1H3/t7-/m0/s1. The van der Waals surface area contributed by atoms with Crippen LogP contribution < -0.4 is 5.32 Å². The van der Waals surface area contributed by atoms with E-state index in [0.29, 0.717) is 6.04 Å². The molecule has 2 rings (SSSR count). The van der Waals surface area contributed by atoms with E-state index in [1.54, 1.807) is 0 Å². The Morgan fingerprint density at radius 3 is 3.17 bits per heavy atom. The van der Waals surface area contributed by atoms with Crippen LogP contribution in [0.1, 0.15) is 24.1 Å². The molecular formula is C10H12ClN. The van der Waals surface area contributed by atoms with Gasteiger partial charge in [0, 0.05) is 11.1 Å². The number of nitrogens with one attached hydrogen (secondary N) is 1. The van der Waals surface area contributed by atoms with Crippen molar-refractivity contribution in [2.45, 2.75) is 19.4 Å². The largest absolute Gasteiger partial charge is 0.310 e. The maximum Gasteiger partial charge on any atom is 0.0409 e. The van der Waals surface area contributed by atoms with Gasteiger partial charge in [-0.3, -0.25) is 0 Å². The molecule has 1 heterocycles. The van der Waals surface area contributed by atoms with Gasteiger partial charge in [-0.1, -0.05) is 17.7 Å². The number of benzene rings is 1. The minimum Gasteiger partial charge on any atom is -0.310 e. The van der Waals surface area contributed by atoms with Gasteiger partial charge >= 0.3 is 0 Å². The Hall–Kier alpha value is -0.530. The number of halogens is 1. The monoisotopic (exact) mass is 181 g/mol. The number of fused-ring (bicyclic) bond motifs is 1. The zero-order valence-corrected chi connectivity index (χ0v) is 7.86. The average molecular weight is 182 g/mol. The lowest BCUT2D eigenvalue weighted by molar-refractivity contribution is 0.541. The highest BCUT2D eigenvalue weighted by Crippen LogP contribution is 2.25. The fraction of sp³-hybridized carbons (Fsp3) is 0.400. The molecule has 0 fully saturated rings. The van der Waals surface area contributed by atoms with Gasteiger partial charge in [-0.05, 0) is 43.1 Å². The van der Waals surface area contributed by atoms with E-state index in [1.165, 1.54) is 11.1 Å². The highest BCUT2D eigenvalue weighted by atomic mass is 35.5. The molecule has 0 aliphatic carbocycles. The quantitative estimate of drug-likeness (QED) is 0.649. The van der Waals surface area contributed by atoms with E-state index in [9.17, 15) is 0 Å². The Bertz CT molecular complexity index is 296. The van der Waals surface area contributed by atoms with Crippen LogP contribution in [-0.2, 0) is 6.42 Å². The molecule has 0 bridgehead atoms. The SMILES string of the molecule is C[C@@H]1NCCc2ccc(Cl)cc21. The summed E-state index contributed by atoms with van der Waals surface area (Å²) in [7, 11) is 0. The van der Waals surface area contributed by atoms with E-state index in [4.69, 9.17) is 11.6 Å². The Labute approximate surface area is 77.7 Å². The lowest BCUT2D eigenvalue weighted by Crippen LogP contribution is -2.27. The third-order valence-electron chi connectivity index (χ3n) is 2.42. The van der Waals surface area contributed by atoms with Gasteiger partial charge in [-0.2, -0.15) is 0 Å². The number of rotatable bonds is 0. The summed E-state index contributed by atoms with van der Waals surface area (Å²) in [6.45, 7) is 3.25. The van der Waals surface area contributed by atoms with Crippen LogP contribution in [-0.4, -0.2) is 6.54 Å². The highest BCUT2D eigenvalue weighted by molar-refractivity contribution is 6.30. The Morgan fingerprint density at radius 2 is 2.33 bits per heavy atom. The van der Waals surface area contributed by atoms with Gasteiger partial charge < -0.3 is 5.32 Å². The van der Waals surface area contributed by atoms with Gasteiger partial charge in [0.15, 0.2) is 0 Å². The van der Waals surface area contributed by atoms with Crippen molar-refractivity contribution in [2.75, 3.05) is 6.54 Å². The molecule has 0 saturated carbocycles. The summed E-state index contributed by atoms with van der Waals surface area (Å²) in [4.78, 5) is 0. The molecule has 0 amide bonds. The third kappa shape index (κ3) is 1.35. The van der Waals surface area contributed by atoms with Crippen LogP contribution in [0.15, 0.2) is 18.2 Å². The van der Waals surface area contributed by atoms with E-state index in [1.807, 2.05) is 6.07 Å². The average Bonchev–Trinajstić information content (AvgIpc) is 2.07. The van der Waals surface area contributed by atoms with E-state index in [-0.39, 0.29) is 0 Å². The van der Waals surface area contributed by atoms with Gasteiger partial charge in [-0.15, -0.1) is 0 Å². The van der Waals surface area contributed by atoms with Gasteiger partial charge in [0.25, 0.3) is 0 Å². The van der Waals surface area contributed by atoms with Crippen molar-refractivity contribution in [2.24, 2.45) is 0 Å². The summed E-state index contributed by atoms with van der Waals surface area (Å²) >= 11 is 5.91. The van der Waals surface area contributed by atoms with Gasteiger partial charge in [0.1, 0.15) is 0 Å². The summed E-state index contributed by atoms with van der Waals surface area (Å²) < 4.78 is 0. The molecule has 12 heavy (non-hydrogen) atoms. The van der Waals surface area contributed by atoms with Gasteiger partial charge in [0.2, 0.25) is 0 Å². The second-order valence-electron chi connectivity index (χ2n) is 3.27. The maximum absolute atomic E-state index is 5.91. The molecular weight excluding hydrogens is 170 g/mol. The zero-order valence-electron chi connectivity index (χ0n) is 7.10. The molecule has 0 radical (unpaired) electrons. The Kier molecular flexibility index (Phi) is 2.07. The molecule has 0 aromatic heterocycles. The summed E-state index contributed by atoms with van der Waals surface area (Å²) in [5, 5.41) is 4.24. The van der Waals surface area contributed by atoms with Crippen LogP contribution in [0.2, 0.25) is 5.02 Å². The number of hydrogen-bond acceptors (Lipinski definition) is 1. The smallest absolute Gasteiger partial charge is 0.0409 e. The molecule has 1 aromatic carbocycles. The van der Waals surface area contributed by atoms with Crippen molar-refractivity contribution in [1.29, 1.82) is 0 Å². The molecule has 1 nitrogen and oxygen atoms in total. The van der Waals surface area contributed by atoms with E-state index < -0.39 is 0 Å². The van der Waals surface area contributed by atoms with Crippen LogP contribution in [0.25, 0.3) is 0 Å². The second kappa shape index (κ2) is 3.08. The lowest BCUT2D eigenvalue weighted by Gasteiger charge is -2.23. The van der Waals surface area contributed by atoms with Crippen LogP contribution in [0, 0.1) is 0 Å². The van der Waals surface area contributed by atoms with Crippen molar-refractivity contribution in [3.8, 4) is 0 Å². The minimum absolute atomic E-state index is 0.451. The van der Waals surface area contributed by atoms with Crippen molar-refractivity contribution in [1.82, 2.24) is 5.32 Å². The molecule has 2 heteroatoms. The maximum atomic E-state index is 5.91. The van der Waals surface area contributed by atoms with Crippen LogP contribution in [0.5, 0.6) is 0 Å². The van der Waals surface area contributed by atoms with Gasteiger partial charge in [-0.25, -0.2) is 0 Å². The molecule has 1 aromatic rings. The first kappa shape index (κ1) is 8.09. The van der Waals surface area contributed by atoms with Crippen molar-refractivity contribution >= 4 is 11.6 Å². The van der Waals surface area contributed by atoms with Crippen molar-refractivity contribution < 1.29 is 0 Å². The molecule has 0 saturated heterocycles. The summed E-state index contributed by atoms with van der Waals surface area (Å²) in [6.07, 6.45) is 1.12. The molecule has 1 N–H and O–H groups in total. The Balaban J connectivity index is 2.47. The molecule has 64 valence electrons. The van der Waals surface area contributed by atoms with Crippen molar-refractivity contribution in [3.63, 3.8) is 0 Å². The number of hydrogen-bond donors (Lipinski definition) is 1. The summed E-state index contributed by atoms with van der Waals surface area (Å²) in [5.74, 6) is 0. The van der Waals surface area contributed by atoms with E-state index >= 15 is 0 Å². The first-order chi connectivity index (χ1) is 5.77. The summed E-state index contributed by atoms with van der Waals surface area (Å²) in [6, 6.07) is 6.62. The minimum atomic E-state index is 0.451. The molecule has 0 unspecified atom stereocenters. The second-order valence-corrected chi connectivity index (χ2v) is 3.71. The molecule has 1 aliphatic heterocycles. The van der Waals surface area contributed by atoms with Gasteiger partial charge in [0.05, 0.1) is 0 Å². The predicted molar refractivity (Wildman–Crippen MR) is 51.6 cm³/mol. The molecule has 1 aliphatic rings. The lowest BCUT2D eigenvalue weighted by atomic mass is 9.96. The van der Waals surface area contributed by atoms with Crippen LogP contribution >= 0.6 is 11.6 Å². The first-order valence-electron chi connectivity index (χ1n) is 4.29. The fourth-order valence-corrected chi connectivity index (χ4v) is 1.91. The molecule has 0 spiro atoms. The Morgan fingerprint density at radius 1 is 1.50 bits per heavy atom. The van der Waals surface area contributed by atoms with E-state index in [2.05, 4.69) is 24.4 Å². The third-order valence-corrected chi connectivity index (χ3v) is 2.65. The summed E-state index contributed by atoms with van der Waals surface area (Å²) in [5.41, 5.74) is 2.79. The topological polar surface area (TPSA) is 12.0 Å². The predicted octanol–water partition coefficient (Wildman–Crippen LogP) is 2.55. The first-order valence-corrected chi connectivity index (χ1v) is 4.67. The normalized spacial score (nSPS) is 22.0. The highest BCUT2D eigenvalue weighted by Gasteiger charge is 2.14. The van der Waals surface area contributed by atoms with Crippen molar-refractivity contribution in [3.05, 3.63) is 34.3 Å².